The van der Waals surface area contributed by atoms with Crippen molar-refractivity contribution in [2.24, 2.45) is 5.92 Å². The molecular formula is C20H29ClN2O. The number of halogens is 1. The average Bonchev–Trinajstić information content (AvgIpc) is 2.59. The summed E-state index contributed by atoms with van der Waals surface area (Å²) >= 11 is 6.04. The van der Waals surface area contributed by atoms with Gasteiger partial charge in [0, 0.05) is 11.1 Å². The summed E-state index contributed by atoms with van der Waals surface area (Å²) in [4.78, 5) is 15.4. The van der Waals surface area contributed by atoms with Crippen molar-refractivity contribution in [1.29, 1.82) is 0 Å². The van der Waals surface area contributed by atoms with Crippen LogP contribution in [-0.2, 0) is 4.79 Å². The summed E-state index contributed by atoms with van der Waals surface area (Å²) < 4.78 is 0. The van der Waals surface area contributed by atoms with Crippen LogP contribution in [0, 0.1) is 5.92 Å². The molecule has 1 aromatic carbocycles. The van der Waals surface area contributed by atoms with Crippen LogP contribution in [0.1, 0.15) is 63.5 Å². The van der Waals surface area contributed by atoms with Crippen LogP contribution in [0.5, 0.6) is 0 Å². The van der Waals surface area contributed by atoms with Gasteiger partial charge in [0.15, 0.2) is 0 Å². The summed E-state index contributed by atoms with van der Waals surface area (Å²) in [7, 11) is 0. The molecule has 1 N–H and O–H groups in total. The molecule has 1 aliphatic carbocycles. The van der Waals surface area contributed by atoms with E-state index in [0.717, 1.165) is 42.4 Å². The van der Waals surface area contributed by atoms with E-state index in [2.05, 4.69) is 17.1 Å². The van der Waals surface area contributed by atoms with E-state index in [0.29, 0.717) is 6.04 Å². The lowest BCUT2D eigenvalue weighted by Crippen LogP contribution is -2.47. The summed E-state index contributed by atoms with van der Waals surface area (Å²) in [5, 5.41) is 4.05. The summed E-state index contributed by atoms with van der Waals surface area (Å²) in [6, 6.07) is 7.97. The zero-order valence-electron chi connectivity index (χ0n) is 14.6. The number of likely N-dealkylation sites (tertiary alicyclic amines) is 1. The third kappa shape index (κ3) is 4.52. The van der Waals surface area contributed by atoms with Gasteiger partial charge in [0.25, 0.3) is 0 Å². The molecule has 0 bridgehead atoms. The minimum Gasteiger partial charge on any atom is -0.352 e. The monoisotopic (exact) mass is 348 g/mol. The third-order valence-corrected chi connectivity index (χ3v) is 5.82. The predicted octanol–water partition coefficient (Wildman–Crippen LogP) is 4.56. The van der Waals surface area contributed by atoms with Crippen LogP contribution in [-0.4, -0.2) is 29.9 Å². The van der Waals surface area contributed by atoms with Gasteiger partial charge in [-0.3, -0.25) is 9.69 Å². The van der Waals surface area contributed by atoms with Gasteiger partial charge in [-0.15, -0.1) is 0 Å². The maximum Gasteiger partial charge on any atom is 0.242 e. The number of rotatable bonds is 4. The molecule has 4 heteroatoms. The Balaban J connectivity index is 1.75. The molecule has 132 valence electrons. The van der Waals surface area contributed by atoms with Crippen molar-refractivity contribution in [2.75, 3.05) is 13.1 Å². The first-order chi connectivity index (χ1) is 11.6. The number of benzene rings is 1. The first-order valence-electron chi connectivity index (χ1n) is 9.43. The van der Waals surface area contributed by atoms with Gasteiger partial charge in [-0.25, -0.2) is 0 Å². The van der Waals surface area contributed by atoms with E-state index in [-0.39, 0.29) is 11.9 Å². The van der Waals surface area contributed by atoms with Gasteiger partial charge in [-0.05, 0) is 62.4 Å². The number of nitrogens with zero attached hydrogens (tertiary/aromatic N) is 1. The molecule has 0 radical (unpaired) electrons. The molecule has 1 amide bonds. The maximum absolute atomic E-state index is 13.1. The molecule has 0 aromatic heterocycles. The molecule has 1 saturated heterocycles. The summed E-state index contributed by atoms with van der Waals surface area (Å²) in [5.74, 6) is 0.923. The van der Waals surface area contributed by atoms with Crippen LogP contribution < -0.4 is 5.32 Å². The van der Waals surface area contributed by atoms with Crippen molar-refractivity contribution in [3.8, 4) is 0 Å². The standard InChI is InChI=1S/C20H29ClN2O/c1-15-11-13-23(14-12-15)19(16-7-9-17(21)10-8-16)20(24)22-18-5-3-2-4-6-18/h7-10,15,18-19H,2-6,11-14H2,1H3,(H,22,24). The largest absolute Gasteiger partial charge is 0.352 e. The van der Waals surface area contributed by atoms with Crippen LogP contribution in [0.2, 0.25) is 5.02 Å². The molecule has 1 saturated carbocycles. The second kappa shape index (κ2) is 8.35. The second-order valence-corrected chi connectivity index (χ2v) is 7.95. The van der Waals surface area contributed by atoms with Gasteiger partial charge >= 0.3 is 0 Å². The molecule has 3 nitrogen and oxygen atoms in total. The zero-order chi connectivity index (χ0) is 16.9. The lowest BCUT2D eigenvalue weighted by Gasteiger charge is -2.37. The van der Waals surface area contributed by atoms with E-state index in [1.54, 1.807) is 0 Å². The van der Waals surface area contributed by atoms with Crippen LogP contribution in [0.4, 0.5) is 0 Å². The Labute approximate surface area is 150 Å². The van der Waals surface area contributed by atoms with Gasteiger partial charge in [0.05, 0.1) is 0 Å². The summed E-state index contributed by atoms with van der Waals surface area (Å²) in [6.45, 7) is 4.29. The number of carbonyl (C=O) groups excluding carboxylic acids is 1. The van der Waals surface area contributed by atoms with Crippen molar-refractivity contribution >= 4 is 17.5 Å². The van der Waals surface area contributed by atoms with Crippen molar-refractivity contribution < 1.29 is 4.79 Å². The molecule has 2 fully saturated rings. The van der Waals surface area contributed by atoms with Crippen LogP contribution in [0.3, 0.4) is 0 Å². The van der Waals surface area contributed by atoms with Gasteiger partial charge in [0.2, 0.25) is 5.91 Å². The summed E-state index contributed by atoms with van der Waals surface area (Å²) in [6.07, 6.45) is 8.35. The Kier molecular flexibility index (Phi) is 6.18. The fourth-order valence-corrected chi connectivity index (χ4v) is 4.11. The third-order valence-electron chi connectivity index (χ3n) is 5.57. The molecule has 1 aromatic rings. The molecule has 1 atom stereocenters. The second-order valence-electron chi connectivity index (χ2n) is 7.52. The molecule has 1 aliphatic heterocycles. The molecule has 1 unspecified atom stereocenters. The Bertz CT molecular complexity index is 531. The zero-order valence-corrected chi connectivity index (χ0v) is 15.4. The first-order valence-corrected chi connectivity index (χ1v) is 9.81. The summed E-state index contributed by atoms with van der Waals surface area (Å²) in [5.41, 5.74) is 1.06. The minimum atomic E-state index is -0.184. The Morgan fingerprint density at radius 1 is 1.08 bits per heavy atom. The fraction of sp³-hybridized carbons (Fsp3) is 0.650. The van der Waals surface area contributed by atoms with Gasteiger partial charge in [0.1, 0.15) is 6.04 Å². The number of nitrogens with one attached hydrogen (secondary N) is 1. The number of carbonyl (C=O) groups is 1. The average molecular weight is 349 g/mol. The number of piperidine rings is 1. The number of hydrogen-bond acceptors (Lipinski definition) is 2. The fourth-order valence-electron chi connectivity index (χ4n) is 3.99. The van der Waals surface area contributed by atoms with Crippen molar-refractivity contribution in [3.05, 3.63) is 34.9 Å². The molecule has 24 heavy (non-hydrogen) atoms. The topological polar surface area (TPSA) is 32.3 Å². The van der Waals surface area contributed by atoms with Crippen molar-refractivity contribution in [1.82, 2.24) is 10.2 Å². The Morgan fingerprint density at radius 2 is 1.71 bits per heavy atom. The number of amides is 1. The lowest BCUT2D eigenvalue weighted by molar-refractivity contribution is -0.128. The normalized spacial score (nSPS) is 22.2. The number of hydrogen-bond donors (Lipinski definition) is 1. The minimum absolute atomic E-state index is 0.166. The van der Waals surface area contributed by atoms with Crippen molar-refractivity contribution in [2.45, 2.75) is 64.0 Å². The first kappa shape index (κ1) is 17.8. The molecule has 1 heterocycles. The Morgan fingerprint density at radius 3 is 2.33 bits per heavy atom. The van der Waals surface area contributed by atoms with E-state index < -0.39 is 0 Å². The predicted molar refractivity (Wildman–Crippen MR) is 99.2 cm³/mol. The Hall–Kier alpha value is -1.06. The highest BCUT2D eigenvalue weighted by Crippen LogP contribution is 2.29. The van der Waals surface area contributed by atoms with E-state index in [9.17, 15) is 4.79 Å². The van der Waals surface area contributed by atoms with Crippen LogP contribution >= 0.6 is 11.6 Å². The quantitative estimate of drug-likeness (QED) is 0.864. The van der Waals surface area contributed by atoms with Crippen LogP contribution in [0.25, 0.3) is 0 Å². The highest BCUT2D eigenvalue weighted by atomic mass is 35.5. The van der Waals surface area contributed by atoms with Gasteiger partial charge < -0.3 is 5.32 Å². The van der Waals surface area contributed by atoms with Gasteiger partial charge in [-0.1, -0.05) is 49.9 Å². The highest BCUT2D eigenvalue weighted by molar-refractivity contribution is 6.30. The van der Waals surface area contributed by atoms with E-state index in [1.807, 2.05) is 24.3 Å². The maximum atomic E-state index is 13.1. The van der Waals surface area contributed by atoms with Gasteiger partial charge in [-0.2, -0.15) is 0 Å². The highest BCUT2D eigenvalue weighted by Gasteiger charge is 2.31. The molecular weight excluding hydrogens is 320 g/mol. The van der Waals surface area contributed by atoms with E-state index in [1.165, 1.54) is 32.1 Å². The SMILES string of the molecule is CC1CCN(C(C(=O)NC2CCCCC2)c2ccc(Cl)cc2)CC1. The molecule has 3 rings (SSSR count). The smallest absolute Gasteiger partial charge is 0.242 e. The molecule has 2 aliphatic rings. The van der Waals surface area contributed by atoms with Crippen molar-refractivity contribution in [3.63, 3.8) is 0 Å². The molecule has 0 spiro atoms. The lowest BCUT2D eigenvalue weighted by atomic mass is 9.93. The van der Waals surface area contributed by atoms with Crippen LogP contribution in [0.15, 0.2) is 24.3 Å². The van der Waals surface area contributed by atoms with E-state index in [4.69, 9.17) is 11.6 Å². The van der Waals surface area contributed by atoms with E-state index >= 15 is 0 Å².